The molecule has 2 heterocycles. The van der Waals surface area contributed by atoms with Gasteiger partial charge in [-0.15, -0.1) is 0 Å². The van der Waals surface area contributed by atoms with Gasteiger partial charge in [-0.1, -0.05) is 125 Å². The lowest BCUT2D eigenvalue weighted by Gasteiger charge is -2.28. The SMILES string of the molecule is COc1cc(-c2cc(OC)cc(C(C)(C)C)c2Op2oc3c(C(C)(C)C)cc(OC)cc3c3cc(OC)cc(C(C)(C)C)c3o2)c(OCCp2oc3c(C(C)(C)C)cc(OC)cc3c3cc(OC)cc(C(C)(C)C)c3o2)c(C(C)(C)C)c1. The Morgan fingerprint density at radius 2 is 0.573 bits per heavy atom. The van der Waals surface area contributed by atoms with Crippen molar-refractivity contribution in [2.75, 3.05) is 49.3 Å². The van der Waals surface area contributed by atoms with E-state index in [1.807, 2.05) is 54.6 Å². The monoisotopic (exact) mass is 1160 g/mol. The van der Waals surface area contributed by atoms with Crippen molar-refractivity contribution in [2.45, 2.75) is 163 Å². The summed E-state index contributed by atoms with van der Waals surface area (Å²) >= 11 is 0. The Morgan fingerprint density at radius 1 is 0.317 bits per heavy atom. The maximum atomic E-state index is 7.54. The zero-order chi connectivity index (χ0) is 60.4. The molecule has 0 saturated heterocycles. The van der Waals surface area contributed by atoms with E-state index >= 15 is 0 Å². The molecule has 442 valence electrons. The number of fused-ring (bicyclic) bond motifs is 6. The second-order valence-electron chi connectivity index (χ2n) is 27.4. The average molecular weight is 1160 g/mol. The van der Waals surface area contributed by atoms with Crippen LogP contribution in [0.25, 0.3) is 55.0 Å². The smallest absolute Gasteiger partial charge is 0.453 e. The predicted octanol–water partition coefficient (Wildman–Crippen LogP) is 20.3. The van der Waals surface area contributed by atoms with Crippen LogP contribution in [0.1, 0.15) is 158 Å². The Kier molecular flexibility index (Phi) is 17.0. The lowest BCUT2D eigenvalue weighted by Crippen LogP contribution is -2.16. The number of ether oxygens (including phenoxy) is 7. The van der Waals surface area contributed by atoms with Gasteiger partial charge in [-0.2, -0.15) is 0 Å². The van der Waals surface area contributed by atoms with Crippen LogP contribution in [0.15, 0.2) is 89.6 Å². The van der Waals surface area contributed by atoms with Gasteiger partial charge in [0.1, 0.15) is 74.9 Å². The zero-order valence-electron chi connectivity index (χ0n) is 53.1. The second kappa shape index (κ2) is 22.6. The molecular formula is C68H88O12P2. The van der Waals surface area contributed by atoms with Crippen molar-refractivity contribution in [1.29, 1.82) is 0 Å². The molecule has 0 aliphatic carbocycles. The lowest BCUT2D eigenvalue weighted by atomic mass is 9.81. The molecule has 0 unspecified atom stereocenters. The van der Waals surface area contributed by atoms with Crippen LogP contribution in [-0.2, 0) is 38.7 Å². The van der Waals surface area contributed by atoms with Crippen molar-refractivity contribution < 1.29 is 54.5 Å². The first-order valence-electron chi connectivity index (χ1n) is 28.1. The van der Waals surface area contributed by atoms with Crippen molar-refractivity contribution in [2.24, 2.45) is 0 Å². The van der Waals surface area contributed by atoms with E-state index in [1.54, 1.807) is 42.7 Å². The van der Waals surface area contributed by atoms with Gasteiger partial charge < -0.3 is 54.5 Å². The molecule has 0 radical (unpaired) electrons. The van der Waals surface area contributed by atoms with Gasteiger partial charge in [0.15, 0.2) is 0 Å². The fourth-order valence-corrected chi connectivity index (χ4v) is 12.7. The summed E-state index contributed by atoms with van der Waals surface area (Å²) in [6.45, 7) is 39.3. The Hall–Kier alpha value is -6.48. The van der Waals surface area contributed by atoms with Crippen LogP contribution in [0.3, 0.4) is 0 Å². The van der Waals surface area contributed by atoms with E-state index in [0.717, 1.165) is 83.2 Å². The minimum atomic E-state index is -2.27. The molecule has 8 aromatic rings. The van der Waals surface area contributed by atoms with Crippen molar-refractivity contribution in [3.05, 3.63) is 106 Å². The maximum absolute atomic E-state index is 7.54. The first-order valence-corrected chi connectivity index (χ1v) is 30.6. The van der Waals surface area contributed by atoms with Crippen LogP contribution in [0.2, 0.25) is 0 Å². The zero-order valence-corrected chi connectivity index (χ0v) is 54.9. The largest absolute Gasteiger partial charge is 0.497 e. The second-order valence-corrected chi connectivity index (χ2v) is 29.9. The summed E-state index contributed by atoms with van der Waals surface area (Å²) in [5.41, 5.74) is 7.48. The first kappa shape index (κ1) is 61.6. The van der Waals surface area contributed by atoms with E-state index < -0.39 is 27.1 Å². The van der Waals surface area contributed by atoms with Crippen LogP contribution >= 0.6 is 16.3 Å². The fraction of sp³-hybridized carbons (Fsp3) is 0.471. The van der Waals surface area contributed by atoms with E-state index in [4.69, 9.17) is 54.5 Å². The van der Waals surface area contributed by atoms with Crippen LogP contribution in [0.5, 0.6) is 46.0 Å². The van der Waals surface area contributed by atoms with Crippen molar-refractivity contribution in [1.82, 2.24) is 0 Å². The quantitative estimate of drug-likeness (QED) is 0.109. The number of benzene rings is 6. The summed E-state index contributed by atoms with van der Waals surface area (Å²) in [5, 5.41) is 3.36. The van der Waals surface area contributed by atoms with Crippen molar-refractivity contribution in [3.8, 4) is 57.1 Å². The Balaban J connectivity index is 1.42. The normalized spacial score (nSPS) is 12.7. The van der Waals surface area contributed by atoms with Crippen LogP contribution in [0.4, 0.5) is 0 Å². The number of rotatable bonds is 13. The molecule has 0 aliphatic heterocycles. The van der Waals surface area contributed by atoms with E-state index in [-0.39, 0.29) is 28.3 Å². The van der Waals surface area contributed by atoms with Gasteiger partial charge in [0.25, 0.3) is 0 Å². The van der Waals surface area contributed by atoms with E-state index in [9.17, 15) is 0 Å². The van der Waals surface area contributed by atoms with Gasteiger partial charge in [-0.3, -0.25) is 0 Å². The molecule has 6 aromatic carbocycles. The molecule has 0 N–H and O–H groups in total. The van der Waals surface area contributed by atoms with Gasteiger partial charge in [0.2, 0.25) is 8.01 Å². The molecule has 0 amide bonds. The van der Waals surface area contributed by atoms with Crippen LogP contribution < -0.4 is 37.7 Å². The Morgan fingerprint density at radius 3 is 0.866 bits per heavy atom. The summed E-state index contributed by atoms with van der Waals surface area (Å²) in [6, 6.07) is 24.5. The van der Waals surface area contributed by atoms with Crippen molar-refractivity contribution in [3.63, 3.8) is 0 Å². The summed E-state index contributed by atoms with van der Waals surface area (Å²) < 4.78 is 80.1. The van der Waals surface area contributed by atoms with Crippen LogP contribution in [-0.4, -0.2) is 49.3 Å². The summed E-state index contributed by atoms with van der Waals surface area (Å²) in [7, 11) is 6.19. The van der Waals surface area contributed by atoms with Crippen molar-refractivity contribution >= 4 is 60.1 Å². The molecule has 0 atom stereocenters. The Bertz CT molecular complexity index is 3620. The summed E-state index contributed by atoms with van der Waals surface area (Å²) in [4.78, 5) is 0. The third-order valence-corrected chi connectivity index (χ3v) is 17.2. The molecule has 12 nitrogen and oxygen atoms in total. The number of methoxy groups -OCH3 is 6. The Labute approximate surface area is 488 Å². The lowest BCUT2D eigenvalue weighted by molar-refractivity contribution is 0.319. The molecule has 2 aromatic heterocycles. The summed E-state index contributed by atoms with van der Waals surface area (Å²) in [6.07, 6.45) is 0.400. The molecule has 0 fully saturated rings. The minimum Gasteiger partial charge on any atom is -0.497 e. The minimum absolute atomic E-state index is 0.220. The average Bonchev–Trinajstić information content (AvgIpc) is 3.69. The standard InChI is InChI=1S/C68H88O12P2/c1-63(2,3)51-33-39(69-19)27-45(57(51)75-25-26-81-76-58-47(29-41(71-21)34-52(58)64(4,5)6)48-30-42(72-22)35-53(59(48)77-81)65(7,8)9)46-28-40(70-20)36-54(66(10,11)12)60(46)78-82-79-61-49(31-43(73-23)37-55(61)67(13,14)15)50-32-44(74-24)38-56(62(50)80-82)68(16,17)18/h27-38H,25-26H2,1-24H3. The third kappa shape index (κ3) is 12.6. The van der Waals surface area contributed by atoms with Crippen LogP contribution in [0, 0.1) is 0 Å². The van der Waals surface area contributed by atoms with Gasteiger partial charge in [-0.05, 0) is 105 Å². The van der Waals surface area contributed by atoms with E-state index in [0.29, 0.717) is 57.4 Å². The van der Waals surface area contributed by atoms with Gasteiger partial charge >= 0.3 is 8.24 Å². The molecule has 0 spiro atoms. The molecule has 0 aliphatic rings. The molecule has 14 heteroatoms. The maximum Gasteiger partial charge on any atom is 0.453 e. The first-order chi connectivity index (χ1) is 38.1. The molecular weight excluding hydrogens is 1070 g/mol. The molecule has 82 heavy (non-hydrogen) atoms. The van der Waals surface area contributed by atoms with Gasteiger partial charge in [0, 0.05) is 66.1 Å². The highest BCUT2D eigenvalue weighted by atomic mass is 31.1. The third-order valence-electron chi connectivity index (χ3n) is 14.9. The van der Waals surface area contributed by atoms with Gasteiger partial charge in [-0.25, -0.2) is 0 Å². The molecule has 0 saturated carbocycles. The molecule has 0 bridgehead atoms. The molecule has 8 rings (SSSR count). The van der Waals surface area contributed by atoms with E-state index in [2.05, 4.69) is 143 Å². The highest BCUT2D eigenvalue weighted by Gasteiger charge is 2.33. The number of hydrogen-bond donors (Lipinski definition) is 0. The topological polar surface area (TPSA) is 126 Å². The number of hydrogen-bond acceptors (Lipinski definition) is 12. The predicted molar refractivity (Wildman–Crippen MR) is 338 cm³/mol. The highest BCUT2D eigenvalue weighted by Crippen LogP contribution is 2.54. The van der Waals surface area contributed by atoms with E-state index in [1.165, 1.54) is 0 Å². The fourth-order valence-electron chi connectivity index (χ4n) is 10.3. The highest BCUT2D eigenvalue weighted by molar-refractivity contribution is 7.36. The summed E-state index contributed by atoms with van der Waals surface area (Å²) in [5.74, 6) is 5.30. The van der Waals surface area contributed by atoms with Gasteiger partial charge in [0.05, 0.1) is 48.8 Å².